The van der Waals surface area contributed by atoms with Crippen LogP contribution in [0, 0.1) is 5.92 Å². The summed E-state index contributed by atoms with van der Waals surface area (Å²) in [5.74, 6) is 0.916. The fraction of sp³-hybridized carbons (Fsp3) is 0.455. The molecule has 70 valence electrons. The quantitative estimate of drug-likeness (QED) is 0.856. The van der Waals surface area contributed by atoms with Crippen LogP contribution in [0.1, 0.15) is 12.0 Å². The lowest BCUT2D eigenvalue weighted by Gasteiger charge is -2.26. The summed E-state index contributed by atoms with van der Waals surface area (Å²) in [5.41, 5.74) is 1.45. The van der Waals surface area contributed by atoms with Crippen molar-refractivity contribution in [3.63, 3.8) is 0 Å². The Bertz CT molecular complexity index is 281. The fourth-order valence-electron chi connectivity index (χ4n) is 1.62. The zero-order chi connectivity index (χ0) is 9.10. The highest BCUT2D eigenvalue weighted by Gasteiger charge is 2.15. The van der Waals surface area contributed by atoms with Gasteiger partial charge in [0.25, 0.3) is 0 Å². The molecule has 1 nitrogen and oxygen atoms in total. The number of aryl methyl sites for hydroxylation is 1. The molecule has 0 bridgehead atoms. The van der Waals surface area contributed by atoms with E-state index in [9.17, 15) is 0 Å². The molecular weight excluding hydrogens is 226 g/mol. The van der Waals surface area contributed by atoms with E-state index in [2.05, 4.69) is 45.5 Å². The van der Waals surface area contributed by atoms with Gasteiger partial charge in [0.1, 0.15) is 0 Å². The monoisotopic (exact) mass is 239 g/mol. The van der Waals surface area contributed by atoms with Crippen LogP contribution in [-0.4, -0.2) is 13.1 Å². The first-order chi connectivity index (χ1) is 6.34. The first kappa shape index (κ1) is 9.22. The van der Waals surface area contributed by atoms with Gasteiger partial charge in [-0.25, -0.2) is 0 Å². The van der Waals surface area contributed by atoms with E-state index >= 15 is 0 Å². The molecule has 1 aliphatic heterocycles. The van der Waals surface area contributed by atoms with Gasteiger partial charge in [-0.15, -0.1) is 0 Å². The summed E-state index contributed by atoms with van der Waals surface area (Å²) < 4.78 is 1.19. The number of nitrogens with one attached hydrogen (secondary N) is 1. The Balaban J connectivity index is 1.86. The molecule has 0 aromatic heterocycles. The van der Waals surface area contributed by atoms with E-state index in [1.54, 1.807) is 0 Å². The molecule has 0 atom stereocenters. The van der Waals surface area contributed by atoms with E-state index in [-0.39, 0.29) is 0 Å². The third-order valence-electron chi connectivity index (χ3n) is 2.60. The third kappa shape index (κ3) is 2.55. The molecule has 1 aromatic carbocycles. The van der Waals surface area contributed by atoms with Gasteiger partial charge in [-0.3, -0.25) is 0 Å². The van der Waals surface area contributed by atoms with Crippen LogP contribution in [-0.2, 0) is 6.42 Å². The maximum atomic E-state index is 3.49. The molecule has 0 radical (unpaired) electrons. The molecule has 0 aliphatic carbocycles. The maximum Gasteiger partial charge on any atom is 0.0177 e. The van der Waals surface area contributed by atoms with Gasteiger partial charge in [-0.05, 0) is 49.5 Å². The average molecular weight is 240 g/mol. The van der Waals surface area contributed by atoms with Crippen LogP contribution < -0.4 is 5.32 Å². The molecule has 1 N–H and O–H groups in total. The SMILES string of the molecule is Brc1cccc(CCC2CNC2)c1. The lowest BCUT2D eigenvalue weighted by atomic mass is 9.95. The topological polar surface area (TPSA) is 12.0 Å². The highest BCUT2D eigenvalue weighted by molar-refractivity contribution is 9.10. The highest BCUT2D eigenvalue weighted by atomic mass is 79.9. The Kier molecular flexibility index (Phi) is 3.01. The van der Waals surface area contributed by atoms with E-state index in [0.717, 1.165) is 5.92 Å². The van der Waals surface area contributed by atoms with Gasteiger partial charge in [-0.1, -0.05) is 28.1 Å². The van der Waals surface area contributed by atoms with Gasteiger partial charge in [0, 0.05) is 4.47 Å². The van der Waals surface area contributed by atoms with Crippen LogP contribution in [0.2, 0.25) is 0 Å². The van der Waals surface area contributed by atoms with Crippen molar-refractivity contribution in [1.82, 2.24) is 5.32 Å². The molecule has 0 saturated carbocycles. The van der Waals surface area contributed by atoms with E-state index in [0.29, 0.717) is 0 Å². The Morgan fingerprint density at radius 1 is 1.38 bits per heavy atom. The van der Waals surface area contributed by atoms with Gasteiger partial charge >= 0.3 is 0 Å². The molecule has 13 heavy (non-hydrogen) atoms. The lowest BCUT2D eigenvalue weighted by Crippen LogP contribution is -2.42. The first-order valence-corrected chi connectivity index (χ1v) is 5.59. The fourth-order valence-corrected chi connectivity index (χ4v) is 2.06. The molecule has 1 heterocycles. The zero-order valence-electron chi connectivity index (χ0n) is 7.59. The summed E-state index contributed by atoms with van der Waals surface area (Å²) >= 11 is 3.49. The minimum atomic E-state index is 0.916. The van der Waals surface area contributed by atoms with Crippen molar-refractivity contribution in [3.8, 4) is 0 Å². The average Bonchev–Trinajstić information content (AvgIpc) is 2.01. The van der Waals surface area contributed by atoms with Gasteiger partial charge in [0.15, 0.2) is 0 Å². The van der Waals surface area contributed by atoms with Gasteiger partial charge < -0.3 is 5.32 Å². The molecule has 2 heteroatoms. The smallest absolute Gasteiger partial charge is 0.0177 e. The minimum Gasteiger partial charge on any atom is -0.316 e. The van der Waals surface area contributed by atoms with Crippen LogP contribution >= 0.6 is 15.9 Å². The van der Waals surface area contributed by atoms with E-state index in [4.69, 9.17) is 0 Å². The van der Waals surface area contributed by atoms with Gasteiger partial charge in [-0.2, -0.15) is 0 Å². The molecule has 1 aliphatic rings. The molecule has 0 unspecified atom stereocenters. The van der Waals surface area contributed by atoms with Gasteiger partial charge in [0.05, 0.1) is 0 Å². The molecule has 1 aromatic rings. The molecular formula is C11H14BrN. The predicted octanol–water partition coefficient (Wildman–Crippen LogP) is 2.60. The molecule has 1 saturated heterocycles. The van der Waals surface area contributed by atoms with Crippen LogP contribution in [0.4, 0.5) is 0 Å². The van der Waals surface area contributed by atoms with Crippen LogP contribution in [0.15, 0.2) is 28.7 Å². The van der Waals surface area contributed by atoms with Crippen molar-refractivity contribution in [2.45, 2.75) is 12.8 Å². The summed E-state index contributed by atoms with van der Waals surface area (Å²) in [7, 11) is 0. The summed E-state index contributed by atoms with van der Waals surface area (Å²) in [6.45, 7) is 2.43. The van der Waals surface area contributed by atoms with Crippen molar-refractivity contribution in [3.05, 3.63) is 34.3 Å². The zero-order valence-corrected chi connectivity index (χ0v) is 9.18. The van der Waals surface area contributed by atoms with Gasteiger partial charge in [0.2, 0.25) is 0 Å². The minimum absolute atomic E-state index is 0.916. The number of halogens is 1. The van der Waals surface area contributed by atoms with Crippen LogP contribution in [0.5, 0.6) is 0 Å². The van der Waals surface area contributed by atoms with Crippen molar-refractivity contribution in [2.24, 2.45) is 5.92 Å². The molecule has 1 fully saturated rings. The Morgan fingerprint density at radius 3 is 2.85 bits per heavy atom. The second kappa shape index (κ2) is 4.25. The lowest BCUT2D eigenvalue weighted by molar-refractivity contribution is 0.328. The molecule has 2 rings (SSSR count). The molecule has 0 amide bonds. The van der Waals surface area contributed by atoms with E-state index in [1.165, 1.54) is 36.0 Å². The van der Waals surface area contributed by atoms with Crippen molar-refractivity contribution in [1.29, 1.82) is 0 Å². The third-order valence-corrected chi connectivity index (χ3v) is 3.09. The maximum absolute atomic E-state index is 3.49. The summed E-state index contributed by atoms with van der Waals surface area (Å²) in [5, 5.41) is 3.30. The second-order valence-electron chi connectivity index (χ2n) is 3.69. The summed E-state index contributed by atoms with van der Waals surface area (Å²) in [4.78, 5) is 0. The Hall–Kier alpha value is -0.340. The first-order valence-electron chi connectivity index (χ1n) is 4.80. The highest BCUT2D eigenvalue weighted by Crippen LogP contribution is 2.16. The van der Waals surface area contributed by atoms with Crippen LogP contribution in [0.25, 0.3) is 0 Å². The standard InChI is InChI=1S/C11H14BrN/c12-11-3-1-2-9(6-11)4-5-10-7-13-8-10/h1-3,6,10,13H,4-5,7-8H2. The van der Waals surface area contributed by atoms with Crippen LogP contribution in [0.3, 0.4) is 0 Å². The number of benzene rings is 1. The molecule has 0 spiro atoms. The van der Waals surface area contributed by atoms with Crippen molar-refractivity contribution in [2.75, 3.05) is 13.1 Å². The number of rotatable bonds is 3. The van der Waals surface area contributed by atoms with Crippen molar-refractivity contribution < 1.29 is 0 Å². The Morgan fingerprint density at radius 2 is 2.23 bits per heavy atom. The summed E-state index contributed by atoms with van der Waals surface area (Å²) in [6.07, 6.45) is 2.54. The summed E-state index contributed by atoms with van der Waals surface area (Å²) in [6, 6.07) is 8.61. The second-order valence-corrected chi connectivity index (χ2v) is 4.61. The predicted molar refractivity (Wildman–Crippen MR) is 58.8 cm³/mol. The Labute approximate surface area is 87.7 Å². The van der Waals surface area contributed by atoms with Crippen molar-refractivity contribution >= 4 is 15.9 Å². The number of hydrogen-bond donors (Lipinski definition) is 1. The number of hydrogen-bond acceptors (Lipinski definition) is 1. The van der Waals surface area contributed by atoms with E-state index in [1.807, 2.05) is 0 Å². The normalized spacial score (nSPS) is 17.0. The largest absolute Gasteiger partial charge is 0.316 e. The van der Waals surface area contributed by atoms with E-state index < -0.39 is 0 Å².